The summed E-state index contributed by atoms with van der Waals surface area (Å²) in [6, 6.07) is 8.54. The predicted octanol–water partition coefficient (Wildman–Crippen LogP) is 3.36. The largest absolute Gasteiger partial charge is 0.465 e. The van der Waals surface area contributed by atoms with E-state index in [1.807, 2.05) is 17.9 Å². The molecule has 0 fully saturated rings. The Hall–Kier alpha value is -1.61. The second-order valence-electron chi connectivity index (χ2n) is 5.16. The van der Waals surface area contributed by atoms with E-state index in [9.17, 15) is 4.79 Å². The van der Waals surface area contributed by atoms with Crippen LogP contribution in [0.15, 0.2) is 36.9 Å². The van der Waals surface area contributed by atoms with Crippen LogP contribution in [-0.2, 0) is 16.1 Å². The second kappa shape index (κ2) is 8.54. The standard InChI is InChI=1S/C17H25NO2/c1-5-11-18(13-17(19)20-6-2)12-15-7-9-16(10-8-15)14(3)4/h5,7-10,14H,1,6,11-13H2,2-4H3. The maximum absolute atomic E-state index is 11.6. The fourth-order valence-corrected chi connectivity index (χ4v) is 2.02. The Labute approximate surface area is 122 Å². The zero-order chi connectivity index (χ0) is 15.0. The van der Waals surface area contributed by atoms with Gasteiger partial charge in [0.2, 0.25) is 0 Å². The van der Waals surface area contributed by atoms with Gasteiger partial charge in [0.25, 0.3) is 0 Å². The maximum atomic E-state index is 11.6. The molecule has 0 saturated heterocycles. The highest BCUT2D eigenvalue weighted by atomic mass is 16.5. The van der Waals surface area contributed by atoms with Crippen molar-refractivity contribution in [3.63, 3.8) is 0 Å². The average Bonchev–Trinajstić information content (AvgIpc) is 2.39. The Balaban J connectivity index is 2.64. The summed E-state index contributed by atoms with van der Waals surface area (Å²) in [5.74, 6) is 0.348. The smallest absolute Gasteiger partial charge is 0.320 e. The van der Waals surface area contributed by atoms with E-state index in [1.165, 1.54) is 11.1 Å². The van der Waals surface area contributed by atoms with Crippen molar-refractivity contribution in [1.29, 1.82) is 0 Å². The summed E-state index contributed by atoms with van der Waals surface area (Å²) in [5.41, 5.74) is 2.52. The lowest BCUT2D eigenvalue weighted by atomic mass is 10.0. The van der Waals surface area contributed by atoms with Gasteiger partial charge in [-0.2, -0.15) is 0 Å². The fourth-order valence-electron chi connectivity index (χ4n) is 2.02. The number of ether oxygens (including phenoxy) is 1. The molecule has 1 rings (SSSR count). The molecule has 0 radical (unpaired) electrons. The fraction of sp³-hybridized carbons (Fsp3) is 0.471. The Morgan fingerprint density at radius 2 is 2.00 bits per heavy atom. The minimum absolute atomic E-state index is 0.187. The van der Waals surface area contributed by atoms with Crippen LogP contribution in [0.25, 0.3) is 0 Å². The molecule has 0 saturated carbocycles. The van der Waals surface area contributed by atoms with Crippen molar-refractivity contribution >= 4 is 5.97 Å². The van der Waals surface area contributed by atoms with Gasteiger partial charge in [0.05, 0.1) is 13.2 Å². The first-order chi connectivity index (χ1) is 9.56. The molecule has 0 amide bonds. The van der Waals surface area contributed by atoms with Crippen LogP contribution in [0, 0.1) is 0 Å². The lowest BCUT2D eigenvalue weighted by Crippen LogP contribution is -2.30. The molecule has 1 aromatic rings. The molecular formula is C17H25NO2. The van der Waals surface area contributed by atoms with Crippen molar-refractivity contribution < 1.29 is 9.53 Å². The van der Waals surface area contributed by atoms with Gasteiger partial charge in [-0.05, 0) is 24.0 Å². The summed E-state index contributed by atoms with van der Waals surface area (Å²) < 4.78 is 4.99. The van der Waals surface area contributed by atoms with E-state index in [0.717, 1.165) is 6.54 Å². The molecule has 0 N–H and O–H groups in total. The zero-order valence-electron chi connectivity index (χ0n) is 12.8. The van der Waals surface area contributed by atoms with E-state index in [-0.39, 0.29) is 5.97 Å². The number of hydrogen-bond donors (Lipinski definition) is 0. The molecule has 20 heavy (non-hydrogen) atoms. The topological polar surface area (TPSA) is 29.5 Å². The number of rotatable bonds is 8. The SMILES string of the molecule is C=CCN(CC(=O)OCC)Cc1ccc(C(C)C)cc1. The first kappa shape index (κ1) is 16.4. The number of carbonyl (C=O) groups excluding carboxylic acids is 1. The molecular weight excluding hydrogens is 250 g/mol. The highest BCUT2D eigenvalue weighted by molar-refractivity contribution is 5.71. The van der Waals surface area contributed by atoms with Crippen LogP contribution in [0.1, 0.15) is 37.8 Å². The van der Waals surface area contributed by atoms with Crippen molar-refractivity contribution in [2.24, 2.45) is 0 Å². The Kier molecular flexibility index (Phi) is 7.02. The van der Waals surface area contributed by atoms with Gasteiger partial charge in [-0.1, -0.05) is 44.2 Å². The summed E-state index contributed by atoms with van der Waals surface area (Å²) in [6.07, 6.45) is 1.81. The zero-order valence-corrected chi connectivity index (χ0v) is 12.8. The lowest BCUT2D eigenvalue weighted by molar-refractivity contribution is -0.144. The maximum Gasteiger partial charge on any atom is 0.320 e. The summed E-state index contributed by atoms with van der Waals surface area (Å²) in [5, 5.41) is 0. The molecule has 0 unspecified atom stereocenters. The van der Waals surface area contributed by atoms with E-state index < -0.39 is 0 Å². The molecule has 3 heteroatoms. The third kappa shape index (κ3) is 5.57. The first-order valence-electron chi connectivity index (χ1n) is 7.14. The highest BCUT2D eigenvalue weighted by Gasteiger charge is 2.11. The molecule has 0 aliphatic carbocycles. The molecule has 0 heterocycles. The molecule has 0 aliphatic rings. The van der Waals surface area contributed by atoms with Crippen molar-refractivity contribution in [3.05, 3.63) is 48.0 Å². The minimum Gasteiger partial charge on any atom is -0.465 e. The van der Waals surface area contributed by atoms with Crippen LogP contribution < -0.4 is 0 Å². The van der Waals surface area contributed by atoms with Crippen LogP contribution in [0.5, 0.6) is 0 Å². The van der Waals surface area contributed by atoms with Gasteiger partial charge in [-0.25, -0.2) is 0 Å². The second-order valence-corrected chi connectivity index (χ2v) is 5.16. The monoisotopic (exact) mass is 275 g/mol. The van der Waals surface area contributed by atoms with E-state index in [2.05, 4.69) is 44.7 Å². The van der Waals surface area contributed by atoms with Crippen LogP contribution >= 0.6 is 0 Å². The summed E-state index contributed by atoms with van der Waals surface area (Å²) in [7, 11) is 0. The normalized spacial score (nSPS) is 10.8. The molecule has 0 spiro atoms. The first-order valence-corrected chi connectivity index (χ1v) is 7.14. The van der Waals surface area contributed by atoms with Crippen molar-refractivity contribution in [2.75, 3.05) is 19.7 Å². The van der Waals surface area contributed by atoms with Crippen LogP contribution in [-0.4, -0.2) is 30.6 Å². The van der Waals surface area contributed by atoms with Crippen LogP contribution in [0.2, 0.25) is 0 Å². The van der Waals surface area contributed by atoms with Crippen LogP contribution in [0.3, 0.4) is 0 Å². The summed E-state index contributed by atoms with van der Waals surface area (Å²) >= 11 is 0. The van der Waals surface area contributed by atoms with Gasteiger partial charge in [-0.15, -0.1) is 6.58 Å². The minimum atomic E-state index is -0.187. The van der Waals surface area contributed by atoms with E-state index in [4.69, 9.17) is 4.74 Å². The third-order valence-electron chi connectivity index (χ3n) is 3.10. The Morgan fingerprint density at radius 1 is 1.35 bits per heavy atom. The number of benzene rings is 1. The van der Waals surface area contributed by atoms with E-state index in [1.54, 1.807) is 0 Å². The Morgan fingerprint density at radius 3 is 2.50 bits per heavy atom. The van der Waals surface area contributed by atoms with Crippen molar-refractivity contribution in [1.82, 2.24) is 4.90 Å². The van der Waals surface area contributed by atoms with Gasteiger partial charge in [0.15, 0.2) is 0 Å². The molecule has 3 nitrogen and oxygen atoms in total. The average molecular weight is 275 g/mol. The van der Waals surface area contributed by atoms with Gasteiger partial charge >= 0.3 is 5.97 Å². The van der Waals surface area contributed by atoms with E-state index in [0.29, 0.717) is 25.6 Å². The third-order valence-corrected chi connectivity index (χ3v) is 3.10. The molecule has 1 aromatic carbocycles. The highest BCUT2D eigenvalue weighted by Crippen LogP contribution is 2.15. The molecule has 0 bridgehead atoms. The number of nitrogens with zero attached hydrogens (tertiary/aromatic N) is 1. The van der Waals surface area contributed by atoms with Crippen molar-refractivity contribution in [3.8, 4) is 0 Å². The van der Waals surface area contributed by atoms with Gasteiger partial charge in [0.1, 0.15) is 0 Å². The predicted molar refractivity (Wildman–Crippen MR) is 82.6 cm³/mol. The number of esters is 1. The Bertz CT molecular complexity index is 423. The lowest BCUT2D eigenvalue weighted by Gasteiger charge is -2.20. The quantitative estimate of drug-likeness (QED) is 0.538. The molecule has 110 valence electrons. The molecule has 0 atom stereocenters. The molecule has 0 aliphatic heterocycles. The van der Waals surface area contributed by atoms with Gasteiger partial charge in [0, 0.05) is 13.1 Å². The summed E-state index contributed by atoms with van der Waals surface area (Å²) in [4.78, 5) is 13.6. The van der Waals surface area contributed by atoms with Crippen molar-refractivity contribution in [2.45, 2.75) is 33.2 Å². The number of carbonyl (C=O) groups is 1. The van der Waals surface area contributed by atoms with Gasteiger partial charge < -0.3 is 4.74 Å². The number of hydrogen-bond acceptors (Lipinski definition) is 3. The van der Waals surface area contributed by atoms with Crippen LogP contribution in [0.4, 0.5) is 0 Å². The molecule has 0 aromatic heterocycles. The van der Waals surface area contributed by atoms with E-state index >= 15 is 0 Å². The van der Waals surface area contributed by atoms with Gasteiger partial charge in [-0.3, -0.25) is 9.69 Å². The summed E-state index contributed by atoms with van der Waals surface area (Å²) in [6.45, 7) is 12.0.